The molecule has 1 saturated heterocycles. The van der Waals surface area contributed by atoms with Gasteiger partial charge in [-0.1, -0.05) is 43.7 Å². The van der Waals surface area contributed by atoms with Crippen molar-refractivity contribution in [2.45, 2.75) is 46.2 Å². The molecule has 19 heavy (non-hydrogen) atoms. The van der Waals surface area contributed by atoms with Crippen molar-refractivity contribution in [3.63, 3.8) is 0 Å². The van der Waals surface area contributed by atoms with E-state index < -0.39 is 0 Å². The average Bonchev–Trinajstić information content (AvgIpc) is 2.40. The van der Waals surface area contributed by atoms with E-state index in [1.807, 2.05) is 0 Å². The lowest BCUT2D eigenvalue weighted by atomic mass is 10.0. The van der Waals surface area contributed by atoms with E-state index in [0.29, 0.717) is 6.04 Å². The van der Waals surface area contributed by atoms with Crippen LogP contribution in [-0.4, -0.2) is 30.6 Å². The number of nitrogens with zero attached hydrogens (tertiary/aromatic N) is 1. The summed E-state index contributed by atoms with van der Waals surface area (Å²) in [4.78, 5) is 2.59. The first kappa shape index (κ1) is 14.5. The predicted octanol–water partition coefficient (Wildman–Crippen LogP) is 3.21. The van der Waals surface area contributed by atoms with Crippen LogP contribution in [0.4, 0.5) is 0 Å². The molecule has 0 aromatic heterocycles. The molecular formula is C17H28N2. The van der Waals surface area contributed by atoms with Crippen molar-refractivity contribution >= 4 is 0 Å². The SMILES string of the molecule is Cc1ccc(CN2CCCC(NCC(C)C)C2)cc1. The van der Waals surface area contributed by atoms with E-state index in [9.17, 15) is 0 Å². The molecule has 2 heteroatoms. The standard InChI is InChI=1S/C17H28N2/c1-14(2)11-18-17-5-4-10-19(13-17)12-16-8-6-15(3)7-9-16/h6-9,14,17-18H,4-5,10-13H2,1-3H3. The van der Waals surface area contributed by atoms with Crippen molar-refractivity contribution in [1.29, 1.82) is 0 Å². The van der Waals surface area contributed by atoms with Crippen LogP contribution < -0.4 is 5.32 Å². The Morgan fingerprint density at radius 3 is 2.68 bits per heavy atom. The lowest BCUT2D eigenvalue weighted by molar-refractivity contribution is 0.181. The minimum atomic E-state index is 0.682. The zero-order valence-corrected chi connectivity index (χ0v) is 12.7. The summed E-state index contributed by atoms with van der Waals surface area (Å²) in [6.07, 6.45) is 2.65. The van der Waals surface area contributed by atoms with Crippen molar-refractivity contribution in [2.75, 3.05) is 19.6 Å². The van der Waals surface area contributed by atoms with Crippen LogP contribution in [0.1, 0.15) is 37.8 Å². The normalized spacial score (nSPS) is 20.9. The van der Waals surface area contributed by atoms with Gasteiger partial charge in [0.15, 0.2) is 0 Å². The third kappa shape index (κ3) is 4.96. The molecule has 1 heterocycles. The summed E-state index contributed by atoms with van der Waals surface area (Å²) in [6, 6.07) is 9.64. The molecule has 1 unspecified atom stereocenters. The molecule has 2 rings (SSSR count). The highest BCUT2D eigenvalue weighted by Crippen LogP contribution is 2.14. The van der Waals surface area contributed by atoms with E-state index in [1.54, 1.807) is 0 Å². The number of nitrogens with one attached hydrogen (secondary N) is 1. The molecule has 0 bridgehead atoms. The first-order valence-corrected chi connectivity index (χ1v) is 7.65. The van der Waals surface area contributed by atoms with Gasteiger partial charge in [0.1, 0.15) is 0 Å². The second-order valence-corrected chi connectivity index (χ2v) is 6.36. The van der Waals surface area contributed by atoms with Crippen LogP contribution in [0.15, 0.2) is 24.3 Å². The van der Waals surface area contributed by atoms with Crippen molar-refractivity contribution in [3.8, 4) is 0 Å². The lowest BCUT2D eigenvalue weighted by Crippen LogP contribution is -2.46. The third-order valence-corrected chi connectivity index (χ3v) is 3.85. The summed E-state index contributed by atoms with van der Waals surface area (Å²) in [5.41, 5.74) is 2.79. The van der Waals surface area contributed by atoms with Crippen LogP contribution in [0.3, 0.4) is 0 Å². The van der Waals surface area contributed by atoms with Gasteiger partial charge in [0, 0.05) is 19.1 Å². The molecule has 1 aromatic rings. The number of piperidine rings is 1. The highest BCUT2D eigenvalue weighted by atomic mass is 15.2. The molecule has 0 saturated carbocycles. The molecule has 0 radical (unpaired) electrons. The first-order chi connectivity index (χ1) is 9.13. The summed E-state index contributed by atoms with van der Waals surface area (Å²) in [6.45, 7) is 11.4. The lowest BCUT2D eigenvalue weighted by Gasteiger charge is -2.33. The van der Waals surface area contributed by atoms with E-state index in [2.05, 4.69) is 55.3 Å². The molecule has 0 amide bonds. The first-order valence-electron chi connectivity index (χ1n) is 7.65. The maximum atomic E-state index is 3.70. The zero-order valence-electron chi connectivity index (χ0n) is 12.7. The fraction of sp³-hybridized carbons (Fsp3) is 0.647. The maximum absolute atomic E-state index is 3.70. The Kier molecular flexibility index (Phi) is 5.41. The van der Waals surface area contributed by atoms with Crippen molar-refractivity contribution in [2.24, 2.45) is 5.92 Å². The Bertz CT molecular complexity index is 369. The summed E-state index contributed by atoms with van der Waals surface area (Å²) in [5, 5.41) is 3.70. The second-order valence-electron chi connectivity index (χ2n) is 6.36. The minimum Gasteiger partial charge on any atom is -0.312 e. The Hall–Kier alpha value is -0.860. The number of aryl methyl sites for hydroxylation is 1. The van der Waals surface area contributed by atoms with Crippen LogP contribution in [0.25, 0.3) is 0 Å². The Balaban J connectivity index is 1.82. The highest BCUT2D eigenvalue weighted by Gasteiger charge is 2.19. The molecule has 1 aromatic carbocycles. The van der Waals surface area contributed by atoms with Crippen molar-refractivity contribution in [1.82, 2.24) is 10.2 Å². The fourth-order valence-corrected chi connectivity index (χ4v) is 2.72. The number of rotatable bonds is 5. The summed E-state index contributed by atoms with van der Waals surface area (Å²) >= 11 is 0. The number of likely N-dealkylation sites (tertiary alicyclic amines) is 1. The van der Waals surface area contributed by atoms with Crippen LogP contribution in [-0.2, 0) is 6.54 Å². The minimum absolute atomic E-state index is 0.682. The van der Waals surface area contributed by atoms with Gasteiger partial charge in [-0.05, 0) is 44.3 Å². The smallest absolute Gasteiger partial charge is 0.0234 e. The fourth-order valence-electron chi connectivity index (χ4n) is 2.72. The molecule has 1 fully saturated rings. The number of hydrogen-bond acceptors (Lipinski definition) is 2. The quantitative estimate of drug-likeness (QED) is 0.874. The van der Waals surface area contributed by atoms with Gasteiger partial charge >= 0.3 is 0 Å². The van der Waals surface area contributed by atoms with Crippen LogP contribution in [0, 0.1) is 12.8 Å². The van der Waals surface area contributed by atoms with E-state index in [4.69, 9.17) is 0 Å². The molecule has 106 valence electrons. The van der Waals surface area contributed by atoms with Gasteiger partial charge in [-0.2, -0.15) is 0 Å². The number of hydrogen-bond donors (Lipinski definition) is 1. The van der Waals surface area contributed by atoms with E-state index >= 15 is 0 Å². The van der Waals surface area contributed by atoms with Crippen molar-refractivity contribution in [3.05, 3.63) is 35.4 Å². The Morgan fingerprint density at radius 2 is 2.00 bits per heavy atom. The van der Waals surface area contributed by atoms with Crippen molar-refractivity contribution < 1.29 is 0 Å². The van der Waals surface area contributed by atoms with Crippen LogP contribution in [0.5, 0.6) is 0 Å². The largest absolute Gasteiger partial charge is 0.312 e. The summed E-state index contributed by atoms with van der Waals surface area (Å²) in [5.74, 6) is 0.743. The van der Waals surface area contributed by atoms with Gasteiger partial charge in [-0.3, -0.25) is 4.90 Å². The Morgan fingerprint density at radius 1 is 1.26 bits per heavy atom. The van der Waals surface area contributed by atoms with Gasteiger partial charge in [0.25, 0.3) is 0 Å². The molecule has 2 nitrogen and oxygen atoms in total. The molecular weight excluding hydrogens is 232 g/mol. The molecule has 1 atom stereocenters. The van der Waals surface area contributed by atoms with E-state index in [-0.39, 0.29) is 0 Å². The van der Waals surface area contributed by atoms with Crippen LogP contribution >= 0.6 is 0 Å². The third-order valence-electron chi connectivity index (χ3n) is 3.85. The highest BCUT2D eigenvalue weighted by molar-refractivity contribution is 5.21. The zero-order chi connectivity index (χ0) is 13.7. The molecule has 1 N–H and O–H groups in total. The molecule has 1 aliphatic rings. The number of benzene rings is 1. The van der Waals surface area contributed by atoms with Gasteiger partial charge in [-0.15, -0.1) is 0 Å². The van der Waals surface area contributed by atoms with Gasteiger partial charge in [-0.25, -0.2) is 0 Å². The Labute approximate surface area is 118 Å². The van der Waals surface area contributed by atoms with E-state index in [0.717, 1.165) is 19.0 Å². The van der Waals surface area contributed by atoms with Crippen LogP contribution in [0.2, 0.25) is 0 Å². The maximum Gasteiger partial charge on any atom is 0.0234 e. The van der Waals surface area contributed by atoms with Gasteiger partial charge < -0.3 is 5.32 Å². The van der Waals surface area contributed by atoms with E-state index in [1.165, 1.54) is 37.1 Å². The second kappa shape index (κ2) is 7.06. The molecule has 1 aliphatic heterocycles. The summed E-state index contributed by atoms with van der Waals surface area (Å²) in [7, 11) is 0. The predicted molar refractivity (Wildman–Crippen MR) is 82.3 cm³/mol. The average molecular weight is 260 g/mol. The monoisotopic (exact) mass is 260 g/mol. The van der Waals surface area contributed by atoms with Gasteiger partial charge in [0.2, 0.25) is 0 Å². The molecule has 0 spiro atoms. The topological polar surface area (TPSA) is 15.3 Å². The van der Waals surface area contributed by atoms with Gasteiger partial charge in [0.05, 0.1) is 0 Å². The molecule has 0 aliphatic carbocycles. The summed E-state index contributed by atoms with van der Waals surface area (Å²) < 4.78 is 0.